The van der Waals surface area contributed by atoms with Gasteiger partial charge in [0.15, 0.2) is 0 Å². The molecule has 0 unspecified atom stereocenters. The van der Waals surface area contributed by atoms with Gasteiger partial charge >= 0.3 is 0 Å². The van der Waals surface area contributed by atoms with Crippen LogP contribution in [0.1, 0.15) is 0 Å². The second-order valence-electron chi connectivity index (χ2n) is 5.83. The first kappa shape index (κ1) is 14.0. The Morgan fingerprint density at radius 2 is 1.54 bits per heavy atom. The van der Waals surface area contributed by atoms with Crippen molar-refractivity contribution in [3.63, 3.8) is 0 Å². The van der Waals surface area contributed by atoms with Crippen LogP contribution in [0.5, 0.6) is 0 Å². The maximum absolute atomic E-state index is 6.26. The number of benzene rings is 4. The van der Waals surface area contributed by atoms with Crippen molar-refractivity contribution < 1.29 is 0 Å². The Kier molecular flexibility index (Phi) is 3.09. The number of thiazole rings is 1. The molecule has 5 rings (SSSR count). The number of hydrogen-bond donors (Lipinski definition) is 0. The summed E-state index contributed by atoms with van der Waals surface area (Å²) in [5.41, 5.74) is 2.20. The summed E-state index contributed by atoms with van der Waals surface area (Å²) < 4.78 is 1.22. The van der Waals surface area contributed by atoms with Crippen LogP contribution in [0.4, 0.5) is 0 Å². The van der Waals surface area contributed by atoms with Crippen molar-refractivity contribution in [2.24, 2.45) is 0 Å². The number of fused-ring (bicyclic) bond motifs is 5. The molecule has 0 atom stereocenters. The van der Waals surface area contributed by atoms with E-state index in [1.54, 1.807) is 11.3 Å². The smallest absolute Gasteiger partial charge is 0.124 e. The van der Waals surface area contributed by atoms with E-state index in [0.29, 0.717) is 0 Å². The molecule has 114 valence electrons. The van der Waals surface area contributed by atoms with Crippen molar-refractivity contribution in [1.29, 1.82) is 0 Å². The highest BCUT2D eigenvalue weighted by Crippen LogP contribution is 2.38. The van der Waals surface area contributed by atoms with E-state index in [2.05, 4.69) is 60.7 Å². The molecule has 0 aliphatic rings. The molecule has 1 heterocycles. The largest absolute Gasteiger partial charge is 0.236 e. The molecule has 1 nitrogen and oxygen atoms in total. The molecule has 0 radical (unpaired) electrons. The zero-order valence-electron chi connectivity index (χ0n) is 12.7. The quantitative estimate of drug-likeness (QED) is 0.300. The second kappa shape index (κ2) is 5.30. The summed E-state index contributed by atoms with van der Waals surface area (Å²) in [4.78, 5) is 4.85. The lowest BCUT2D eigenvalue weighted by Crippen LogP contribution is -1.79. The molecule has 0 aliphatic carbocycles. The Morgan fingerprint density at radius 3 is 2.42 bits per heavy atom. The topological polar surface area (TPSA) is 12.9 Å². The third-order valence-corrected chi connectivity index (χ3v) is 5.71. The number of hydrogen-bond acceptors (Lipinski definition) is 2. The minimum Gasteiger partial charge on any atom is -0.236 e. The van der Waals surface area contributed by atoms with E-state index in [1.165, 1.54) is 26.2 Å². The predicted molar refractivity (Wildman–Crippen MR) is 105 cm³/mol. The molecule has 4 aromatic carbocycles. The molecule has 0 bridgehead atoms. The fraction of sp³-hybridized carbons (Fsp3) is 0. The van der Waals surface area contributed by atoms with Crippen LogP contribution < -0.4 is 0 Å². The van der Waals surface area contributed by atoms with E-state index in [1.807, 2.05) is 12.1 Å². The van der Waals surface area contributed by atoms with Crippen molar-refractivity contribution in [2.75, 3.05) is 0 Å². The van der Waals surface area contributed by atoms with E-state index in [-0.39, 0.29) is 0 Å². The third-order valence-electron chi connectivity index (χ3n) is 4.34. The maximum Gasteiger partial charge on any atom is 0.124 e. The van der Waals surface area contributed by atoms with Gasteiger partial charge in [0.2, 0.25) is 0 Å². The summed E-state index contributed by atoms with van der Waals surface area (Å²) in [7, 11) is 0. The van der Waals surface area contributed by atoms with E-state index < -0.39 is 0 Å². The van der Waals surface area contributed by atoms with Crippen LogP contribution in [0.2, 0.25) is 5.02 Å². The van der Waals surface area contributed by atoms with Crippen molar-refractivity contribution in [3.8, 4) is 10.6 Å². The van der Waals surface area contributed by atoms with E-state index in [9.17, 15) is 0 Å². The first-order valence-corrected chi connectivity index (χ1v) is 8.96. The van der Waals surface area contributed by atoms with Crippen LogP contribution >= 0.6 is 22.9 Å². The highest BCUT2D eigenvalue weighted by molar-refractivity contribution is 7.22. The second-order valence-corrected chi connectivity index (χ2v) is 7.26. The van der Waals surface area contributed by atoms with Crippen LogP contribution in [0.3, 0.4) is 0 Å². The number of rotatable bonds is 1. The van der Waals surface area contributed by atoms with Gasteiger partial charge in [0, 0.05) is 16.0 Å². The Hall–Kier alpha value is -2.42. The van der Waals surface area contributed by atoms with Crippen LogP contribution in [-0.2, 0) is 0 Å². The summed E-state index contributed by atoms with van der Waals surface area (Å²) in [5.74, 6) is 0. The Bertz CT molecular complexity index is 1210. The highest BCUT2D eigenvalue weighted by Gasteiger charge is 2.11. The average Bonchev–Trinajstić information content (AvgIpc) is 3.06. The van der Waals surface area contributed by atoms with Crippen molar-refractivity contribution >= 4 is 54.7 Å². The predicted octanol–water partition coefficient (Wildman–Crippen LogP) is 6.92. The minimum absolute atomic E-state index is 0.764. The fourth-order valence-electron chi connectivity index (χ4n) is 3.20. The van der Waals surface area contributed by atoms with Gasteiger partial charge < -0.3 is 0 Å². The van der Waals surface area contributed by atoms with Crippen LogP contribution in [-0.4, -0.2) is 4.98 Å². The van der Waals surface area contributed by atoms with Gasteiger partial charge in [-0.2, -0.15) is 0 Å². The van der Waals surface area contributed by atoms with Crippen LogP contribution in [0, 0.1) is 0 Å². The summed E-state index contributed by atoms with van der Waals surface area (Å²) in [6.45, 7) is 0. The third kappa shape index (κ3) is 2.11. The van der Waals surface area contributed by atoms with Gasteiger partial charge in [0.05, 0.1) is 10.2 Å². The Labute approximate surface area is 148 Å². The van der Waals surface area contributed by atoms with Gasteiger partial charge in [-0.15, -0.1) is 11.3 Å². The Balaban J connectivity index is 1.92. The lowest BCUT2D eigenvalue weighted by molar-refractivity contribution is 1.48. The standard InChI is InChI=1S/C21H12ClNS/c22-16-10-8-13-6-7-14-9-11-18-20(19(14)17(13)12-16)24-21(23-18)15-4-2-1-3-5-15/h1-12H. The normalized spacial score (nSPS) is 11.5. The highest BCUT2D eigenvalue weighted by atomic mass is 35.5. The first-order chi connectivity index (χ1) is 11.8. The molecular formula is C21H12ClNS. The summed E-state index contributed by atoms with van der Waals surface area (Å²) in [6, 6.07) is 25.0. The van der Waals surface area contributed by atoms with Crippen molar-refractivity contribution in [1.82, 2.24) is 4.98 Å². The molecule has 0 N–H and O–H groups in total. The summed E-state index contributed by atoms with van der Waals surface area (Å²) in [5, 5.41) is 6.67. The van der Waals surface area contributed by atoms with Gasteiger partial charge in [0.1, 0.15) is 5.01 Å². The molecule has 5 aromatic rings. The molecule has 0 spiro atoms. The molecule has 3 heteroatoms. The SMILES string of the molecule is Clc1ccc2ccc3ccc4nc(-c5ccccc5)sc4c3c2c1. The number of halogens is 1. The molecule has 0 amide bonds. The van der Waals surface area contributed by atoms with E-state index in [4.69, 9.17) is 16.6 Å². The summed E-state index contributed by atoms with van der Waals surface area (Å²) >= 11 is 8.01. The van der Waals surface area contributed by atoms with Gasteiger partial charge in [-0.25, -0.2) is 4.98 Å². The van der Waals surface area contributed by atoms with E-state index >= 15 is 0 Å². The molecule has 0 saturated heterocycles. The maximum atomic E-state index is 6.26. The monoisotopic (exact) mass is 345 g/mol. The molecule has 1 aromatic heterocycles. The number of nitrogens with zero attached hydrogens (tertiary/aromatic N) is 1. The minimum atomic E-state index is 0.764. The van der Waals surface area contributed by atoms with Crippen molar-refractivity contribution in [2.45, 2.75) is 0 Å². The van der Waals surface area contributed by atoms with Gasteiger partial charge in [-0.05, 0) is 34.4 Å². The molecule has 0 fully saturated rings. The van der Waals surface area contributed by atoms with E-state index in [0.717, 1.165) is 21.1 Å². The van der Waals surface area contributed by atoms with Gasteiger partial charge in [-0.3, -0.25) is 0 Å². The zero-order chi connectivity index (χ0) is 16.1. The molecule has 24 heavy (non-hydrogen) atoms. The van der Waals surface area contributed by atoms with Crippen LogP contribution in [0.25, 0.3) is 42.3 Å². The first-order valence-electron chi connectivity index (χ1n) is 7.76. The molecule has 0 saturated carbocycles. The molecule has 0 aliphatic heterocycles. The van der Waals surface area contributed by atoms with Gasteiger partial charge in [0.25, 0.3) is 0 Å². The Morgan fingerprint density at radius 1 is 0.792 bits per heavy atom. The lowest BCUT2D eigenvalue weighted by atomic mass is 10.0. The summed E-state index contributed by atoms with van der Waals surface area (Å²) in [6.07, 6.45) is 0. The fourth-order valence-corrected chi connectivity index (χ4v) is 4.51. The number of aromatic nitrogens is 1. The molecular weight excluding hydrogens is 334 g/mol. The van der Waals surface area contributed by atoms with Crippen molar-refractivity contribution in [3.05, 3.63) is 77.8 Å². The van der Waals surface area contributed by atoms with Gasteiger partial charge in [-0.1, -0.05) is 66.2 Å². The average molecular weight is 346 g/mol. The zero-order valence-corrected chi connectivity index (χ0v) is 14.2. The lowest BCUT2D eigenvalue weighted by Gasteiger charge is -2.05. The van der Waals surface area contributed by atoms with Crippen LogP contribution in [0.15, 0.2) is 72.8 Å².